The summed E-state index contributed by atoms with van der Waals surface area (Å²) in [4.78, 5) is 14.6. The summed E-state index contributed by atoms with van der Waals surface area (Å²) in [5.74, 6) is 0. The van der Waals surface area contributed by atoms with Crippen LogP contribution >= 0.6 is 34.8 Å². The van der Waals surface area contributed by atoms with Gasteiger partial charge in [-0.3, -0.25) is 4.79 Å². The summed E-state index contributed by atoms with van der Waals surface area (Å²) in [6.45, 7) is 0. The molecule has 0 radical (unpaired) electrons. The number of pyridine rings is 1. The van der Waals surface area contributed by atoms with Gasteiger partial charge < -0.3 is 10.7 Å². The van der Waals surface area contributed by atoms with Crippen LogP contribution in [-0.4, -0.2) is 4.98 Å². The Morgan fingerprint density at radius 1 is 1.06 bits per heavy atom. The highest BCUT2D eigenvalue weighted by Gasteiger charge is 2.13. The van der Waals surface area contributed by atoms with Crippen LogP contribution in [0, 0.1) is 0 Å². The number of anilines is 1. The van der Waals surface area contributed by atoms with E-state index in [2.05, 4.69) is 4.98 Å². The number of nitrogens with one attached hydrogen (secondary N) is 1. The van der Waals surface area contributed by atoms with E-state index >= 15 is 0 Å². The van der Waals surface area contributed by atoms with E-state index in [0.717, 1.165) is 0 Å². The Hall–Kier alpha value is -1.16. The predicted molar refractivity (Wildman–Crippen MR) is 71.9 cm³/mol. The molecule has 0 spiro atoms. The molecule has 3 nitrogen and oxygen atoms in total. The fourth-order valence-electron chi connectivity index (χ4n) is 1.45. The number of aromatic amines is 1. The van der Waals surface area contributed by atoms with Crippen LogP contribution in [0.15, 0.2) is 29.3 Å². The average Bonchev–Trinajstić information content (AvgIpc) is 2.27. The Labute approximate surface area is 112 Å². The molecule has 0 saturated heterocycles. The number of halogens is 3. The molecule has 0 saturated carbocycles. The van der Waals surface area contributed by atoms with Gasteiger partial charge >= 0.3 is 0 Å². The number of nitrogens with two attached hydrogens (primary N) is 1. The van der Waals surface area contributed by atoms with E-state index in [1.54, 1.807) is 6.07 Å². The fraction of sp³-hybridized carbons (Fsp3) is 0. The number of aromatic nitrogens is 1. The maximum Gasteiger partial charge on any atom is 0.212 e. The Bertz CT molecular complexity index is 637. The minimum absolute atomic E-state index is 0.106. The molecule has 0 aliphatic heterocycles. The van der Waals surface area contributed by atoms with Crippen LogP contribution in [0.5, 0.6) is 0 Å². The summed E-state index contributed by atoms with van der Waals surface area (Å²) in [6.07, 6.45) is 2.92. The standard InChI is InChI=1S/C11H7Cl3N2O/c12-5-1-6(10(14)8(13)2-5)7-3-16-4-9(15)11(7)17/h1-4H,15H2,(H,16,17). The highest BCUT2D eigenvalue weighted by Crippen LogP contribution is 2.35. The summed E-state index contributed by atoms with van der Waals surface area (Å²) in [6, 6.07) is 3.08. The third-order valence-electron chi connectivity index (χ3n) is 2.26. The molecule has 1 aromatic heterocycles. The van der Waals surface area contributed by atoms with Crippen LogP contribution in [0.3, 0.4) is 0 Å². The molecular weight excluding hydrogens is 282 g/mol. The van der Waals surface area contributed by atoms with Crippen molar-refractivity contribution in [2.24, 2.45) is 0 Å². The lowest BCUT2D eigenvalue weighted by Crippen LogP contribution is -2.10. The minimum atomic E-state index is -0.316. The van der Waals surface area contributed by atoms with E-state index < -0.39 is 0 Å². The first kappa shape index (κ1) is 12.3. The number of nitrogen functional groups attached to an aromatic ring is 1. The third kappa shape index (κ3) is 2.27. The van der Waals surface area contributed by atoms with E-state index in [0.29, 0.717) is 16.1 Å². The summed E-state index contributed by atoms with van der Waals surface area (Å²) in [5, 5.41) is 0.958. The van der Waals surface area contributed by atoms with Crippen LogP contribution in [-0.2, 0) is 0 Å². The van der Waals surface area contributed by atoms with Crippen LogP contribution < -0.4 is 11.2 Å². The van der Waals surface area contributed by atoms with Gasteiger partial charge in [-0.15, -0.1) is 0 Å². The van der Waals surface area contributed by atoms with E-state index in [-0.39, 0.29) is 21.2 Å². The van der Waals surface area contributed by atoms with Crippen molar-refractivity contribution in [1.29, 1.82) is 0 Å². The van der Waals surface area contributed by atoms with Crippen molar-refractivity contribution in [1.82, 2.24) is 4.98 Å². The number of rotatable bonds is 1. The van der Waals surface area contributed by atoms with E-state index in [1.807, 2.05) is 0 Å². The maximum absolute atomic E-state index is 11.9. The molecule has 2 rings (SSSR count). The van der Waals surface area contributed by atoms with Crippen molar-refractivity contribution in [3.05, 3.63) is 49.8 Å². The van der Waals surface area contributed by atoms with Crippen LogP contribution in [0.1, 0.15) is 0 Å². The van der Waals surface area contributed by atoms with Gasteiger partial charge in [-0.2, -0.15) is 0 Å². The smallest absolute Gasteiger partial charge is 0.212 e. The number of hydrogen-bond donors (Lipinski definition) is 2. The van der Waals surface area contributed by atoms with Gasteiger partial charge in [0.2, 0.25) is 5.43 Å². The predicted octanol–water partition coefficient (Wildman–Crippen LogP) is 3.58. The van der Waals surface area contributed by atoms with Crippen molar-refractivity contribution >= 4 is 40.5 Å². The molecule has 1 aromatic carbocycles. The van der Waals surface area contributed by atoms with Crippen molar-refractivity contribution in [3.63, 3.8) is 0 Å². The first-order valence-corrected chi connectivity index (χ1v) is 5.75. The summed E-state index contributed by atoms with van der Waals surface area (Å²) in [5.41, 5.74) is 6.11. The molecule has 0 fully saturated rings. The van der Waals surface area contributed by atoms with Crippen LogP contribution in [0.25, 0.3) is 11.1 Å². The third-order valence-corrected chi connectivity index (χ3v) is 3.28. The summed E-state index contributed by atoms with van der Waals surface area (Å²) in [7, 11) is 0. The van der Waals surface area contributed by atoms with Gasteiger partial charge in [0.15, 0.2) is 0 Å². The van der Waals surface area contributed by atoms with Gasteiger partial charge in [-0.05, 0) is 12.1 Å². The normalized spacial score (nSPS) is 10.5. The van der Waals surface area contributed by atoms with E-state index in [9.17, 15) is 4.79 Å². The largest absolute Gasteiger partial charge is 0.394 e. The van der Waals surface area contributed by atoms with Crippen molar-refractivity contribution in [3.8, 4) is 11.1 Å². The van der Waals surface area contributed by atoms with Gasteiger partial charge in [0, 0.05) is 28.5 Å². The number of hydrogen-bond acceptors (Lipinski definition) is 2. The maximum atomic E-state index is 11.9. The molecule has 0 unspecified atom stereocenters. The van der Waals surface area contributed by atoms with Crippen molar-refractivity contribution in [2.75, 3.05) is 5.73 Å². The molecule has 1 heterocycles. The van der Waals surface area contributed by atoms with Gasteiger partial charge in [0.1, 0.15) is 0 Å². The molecule has 0 aliphatic rings. The molecule has 0 atom stereocenters. The van der Waals surface area contributed by atoms with E-state index in [4.69, 9.17) is 40.5 Å². The Morgan fingerprint density at radius 2 is 1.76 bits per heavy atom. The van der Waals surface area contributed by atoms with Gasteiger partial charge in [-0.25, -0.2) is 0 Å². The Morgan fingerprint density at radius 3 is 2.47 bits per heavy atom. The van der Waals surface area contributed by atoms with Gasteiger partial charge in [0.25, 0.3) is 0 Å². The molecule has 6 heteroatoms. The molecule has 88 valence electrons. The van der Waals surface area contributed by atoms with Gasteiger partial charge in [0.05, 0.1) is 15.7 Å². The van der Waals surface area contributed by atoms with Crippen molar-refractivity contribution < 1.29 is 0 Å². The monoisotopic (exact) mass is 288 g/mol. The topological polar surface area (TPSA) is 58.9 Å². The lowest BCUT2D eigenvalue weighted by atomic mass is 10.1. The molecule has 2 aromatic rings. The second kappa shape index (κ2) is 4.61. The second-order valence-corrected chi connectivity index (χ2v) is 4.62. The van der Waals surface area contributed by atoms with Crippen molar-refractivity contribution in [2.45, 2.75) is 0 Å². The lowest BCUT2D eigenvalue weighted by molar-refractivity contribution is 1.31. The molecule has 0 amide bonds. The highest BCUT2D eigenvalue weighted by molar-refractivity contribution is 6.45. The summed E-state index contributed by atoms with van der Waals surface area (Å²) >= 11 is 17.8. The average molecular weight is 290 g/mol. The number of H-pyrrole nitrogens is 1. The van der Waals surface area contributed by atoms with Gasteiger partial charge in [-0.1, -0.05) is 34.8 Å². The highest BCUT2D eigenvalue weighted by atomic mass is 35.5. The Kier molecular flexibility index (Phi) is 3.33. The molecular formula is C11H7Cl3N2O. The number of benzene rings is 1. The summed E-state index contributed by atoms with van der Waals surface area (Å²) < 4.78 is 0. The zero-order valence-corrected chi connectivity index (χ0v) is 10.7. The SMILES string of the molecule is Nc1c[nH]cc(-c2cc(Cl)cc(Cl)c2Cl)c1=O. The minimum Gasteiger partial charge on any atom is -0.394 e. The van der Waals surface area contributed by atoms with E-state index in [1.165, 1.54) is 18.5 Å². The molecule has 3 N–H and O–H groups in total. The van der Waals surface area contributed by atoms with Crippen LogP contribution in [0.4, 0.5) is 5.69 Å². The molecule has 0 aliphatic carbocycles. The fourth-order valence-corrected chi connectivity index (χ4v) is 2.16. The lowest BCUT2D eigenvalue weighted by Gasteiger charge is -2.07. The zero-order chi connectivity index (χ0) is 12.6. The quantitative estimate of drug-likeness (QED) is 0.788. The second-order valence-electron chi connectivity index (χ2n) is 3.40. The first-order chi connectivity index (χ1) is 8.00. The zero-order valence-electron chi connectivity index (χ0n) is 8.43. The Balaban J connectivity index is 2.77. The molecule has 17 heavy (non-hydrogen) atoms. The molecule has 0 bridgehead atoms. The van der Waals surface area contributed by atoms with Crippen LogP contribution in [0.2, 0.25) is 15.1 Å². The first-order valence-electron chi connectivity index (χ1n) is 4.62.